The molecule has 0 unspecified atom stereocenters. The van der Waals surface area contributed by atoms with Crippen LogP contribution in [0.2, 0.25) is 0 Å². The van der Waals surface area contributed by atoms with E-state index in [1.807, 2.05) is 28.9 Å². The van der Waals surface area contributed by atoms with E-state index in [1.165, 1.54) is 22.4 Å². The second-order valence-electron chi connectivity index (χ2n) is 12.0. The average molecular weight is 633 g/mol. The lowest BCUT2D eigenvalue weighted by molar-refractivity contribution is -0.130. The lowest BCUT2D eigenvalue weighted by atomic mass is 10.1. The summed E-state index contributed by atoms with van der Waals surface area (Å²) >= 11 is 0. The summed E-state index contributed by atoms with van der Waals surface area (Å²) < 4.78 is 30.9. The summed E-state index contributed by atoms with van der Waals surface area (Å²) in [5, 5.41) is 8.15. The van der Waals surface area contributed by atoms with Crippen molar-refractivity contribution in [2.45, 2.75) is 51.2 Å². The molecule has 1 N–H and O–H groups in total. The Bertz CT molecular complexity index is 1780. The number of aromatic nitrogens is 6. The number of imidazole rings is 1. The molecule has 0 radical (unpaired) electrons. The number of aryl methyl sites for hydroxylation is 3. The van der Waals surface area contributed by atoms with Gasteiger partial charge in [-0.1, -0.05) is 12.1 Å². The van der Waals surface area contributed by atoms with Gasteiger partial charge in [0.2, 0.25) is 11.9 Å². The van der Waals surface area contributed by atoms with Gasteiger partial charge in [-0.3, -0.25) is 9.69 Å². The van der Waals surface area contributed by atoms with Crippen LogP contribution in [0, 0.1) is 13.8 Å². The number of carbonyl (C=O) groups is 1. The molecule has 2 saturated heterocycles. The Kier molecular flexibility index (Phi) is 8.71. The molecule has 14 heteroatoms. The van der Waals surface area contributed by atoms with E-state index in [4.69, 9.17) is 4.98 Å². The van der Waals surface area contributed by atoms with Crippen molar-refractivity contribution in [1.82, 2.24) is 43.4 Å². The van der Waals surface area contributed by atoms with Crippen LogP contribution in [0.15, 0.2) is 54.3 Å². The van der Waals surface area contributed by atoms with Crippen LogP contribution in [-0.2, 0) is 28.4 Å². The Hall–Kier alpha value is -4.14. The number of piperidine rings is 1. The van der Waals surface area contributed by atoms with Crippen LogP contribution in [0.3, 0.4) is 0 Å². The largest absolute Gasteiger partial charge is 0.351 e. The van der Waals surface area contributed by atoms with Crippen molar-refractivity contribution in [3.05, 3.63) is 66.0 Å². The van der Waals surface area contributed by atoms with Crippen LogP contribution >= 0.6 is 0 Å². The summed E-state index contributed by atoms with van der Waals surface area (Å²) in [6.45, 7) is 10.7. The quantitative estimate of drug-likeness (QED) is 0.311. The van der Waals surface area contributed by atoms with Crippen LogP contribution in [0.25, 0.3) is 16.9 Å². The maximum absolute atomic E-state index is 12.9. The van der Waals surface area contributed by atoms with E-state index in [2.05, 4.69) is 50.4 Å². The zero-order valence-electron chi connectivity index (χ0n) is 26.2. The summed E-state index contributed by atoms with van der Waals surface area (Å²) in [5.41, 5.74) is 6.00. The van der Waals surface area contributed by atoms with Gasteiger partial charge < -0.3 is 14.8 Å². The first-order valence-corrected chi connectivity index (χ1v) is 16.7. The molecular formula is C31H40N10O3S. The van der Waals surface area contributed by atoms with E-state index < -0.39 is 10.0 Å². The molecule has 2 aliphatic heterocycles. The summed E-state index contributed by atoms with van der Waals surface area (Å²) in [6, 6.07) is 6.51. The number of anilines is 1. The van der Waals surface area contributed by atoms with Crippen molar-refractivity contribution in [1.29, 1.82) is 0 Å². The smallest absolute Gasteiger partial charge is 0.262 e. The van der Waals surface area contributed by atoms with Crippen LogP contribution in [0.5, 0.6) is 0 Å². The number of piperazine rings is 1. The number of amides is 1. The van der Waals surface area contributed by atoms with Gasteiger partial charge in [0.05, 0.1) is 23.9 Å². The van der Waals surface area contributed by atoms with Gasteiger partial charge in [-0.25, -0.2) is 28.1 Å². The predicted molar refractivity (Wildman–Crippen MR) is 170 cm³/mol. The van der Waals surface area contributed by atoms with Gasteiger partial charge in [-0.2, -0.15) is 9.40 Å². The average Bonchev–Trinajstić information content (AvgIpc) is 3.69. The molecule has 1 aromatic carbocycles. The van der Waals surface area contributed by atoms with Crippen molar-refractivity contribution in [3.8, 4) is 16.9 Å². The normalized spacial score (nSPS) is 17.1. The number of carbonyl (C=O) groups excluding carboxylic acids is 1. The molecule has 45 heavy (non-hydrogen) atoms. The Morgan fingerprint density at radius 2 is 1.73 bits per heavy atom. The van der Waals surface area contributed by atoms with Crippen molar-refractivity contribution < 1.29 is 13.2 Å². The van der Waals surface area contributed by atoms with Gasteiger partial charge in [0.25, 0.3) is 10.0 Å². The molecule has 2 aliphatic rings. The third-order valence-corrected chi connectivity index (χ3v) is 10.4. The minimum absolute atomic E-state index is 0.0534. The molecule has 0 bridgehead atoms. The topological polar surface area (TPSA) is 134 Å². The molecule has 2 fully saturated rings. The fraction of sp³-hybridized carbons (Fsp3) is 0.452. The van der Waals surface area contributed by atoms with Gasteiger partial charge in [0.15, 0.2) is 5.03 Å². The molecular weight excluding hydrogens is 592 g/mol. The van der Waals surface area contributed by atoms with Gasteiger partial charge in [0, 0.05) is 90.0 Å². The summed E-state index contributed by atoms with van der Waals surface area (Å²) in [4.78, 5) is 29.3. The van der Waals surface area contributed by atoms with Crippen LogP contribution < -0.4 is 5.32 Å². The van der Waals surface area contributed by atoms with E-state index in [0.717, 1.165) is 60.8 Å². The highest BCUT2D eigenvalue weighted by Gasteiger charge is 2.31. The number of hydrogen-bond donors (Lipinski definition) is 1. The molecule has 0 saturated carbocycles. The van der Waals surface area contributed by atoms with Crippen LogP contribution in [0.1, 0.15) is 36.5 Å². The second kappa shape index (κ2) is 12.7. The van der Waals surface area contributed by atoms with Crippen molar-refractivity contribution in [3.63, 3.8) is 0 Å². The number of benzene rings is 1. The highest BCUT2D eigenvalue weighted by atomic mass is 32.2. The van der Waals surface area contributed by atoms with Crippen LogP contribution in [0.4, 0.5) is 5.95 Å². The summed E-state index contributed by atoms with van der Waals surface area (Å²) in [5.74, 6) is 0.658. The first-order valence-electron chi connectivity index (χ1n) is 15.3. The zero-order chi connectivity index (χ0) is 31.7. The first kappa shape index (κ1) is 30.9. The number of nitrogens with one attached hydrogen (secondary N) is 1. The standard InChI is InChI=1S/C31H40N10O3S/c1-22-15-25(18-38-11-13-39(14-12-38)24(3)42)5-6-28(22)41-19-26(17-34-41)30-23(2)16-32-31(36-30)35-27-7-9-40(10-8-27)45(43,44)29-20-37(4)21-33-29/h5-6,15-17,19-21,27H,7-14,18H2,1-4H3,(H,32,35,36). The Morgan fingerprint density at radius 1 is 0.978 bits per heavy atom. The lowest BCUT2D eigenvalue weighted by Crippen LogP contribution is -2.47. The van der Waals surface area contributed by atoms with Gasteiger partial charge in [-0.05, 0) is 49.4 Å². The van der Waals surface area contributed by atoms with E-state index in [1.54, 1.807) is 24.7 Å². The molecule has 238 valence electrons. The molecule has 3 aromatic heterocycles. The molecule has 5 heterocycles. The Morgan fingerprint density at radius 3 is 2.40 bits per heavy atom. The number of rotatable bonds is 8. The van der Waals surface area contributed by atoms with E-state index in [9.17, 15) is 13.2 Å². The highest BCUT2D eigenvalue weighted by Crippen LogP contribution is 2.26. The maximum Gasteiger partial charge on any atom is 0.262 e. The number of hydrogen-bond acceptors (Lipinski definition) is 9. The SMILES string of the molecule is CC(=O)N1CCN(Cc2ccc(-n3cc(-c4nc(NC5CCN(S(=O)(=O)c6cn(C)cn6)CC5)ncc4C)cn3)c(C)c2)CC1. The molecule has 0 aliphatic carbocycles. The maximum atomic E-state index is 12.9. The molecule has 0 atom stereocenters. The molecule has 0 spiro atoms. The summed E-state index contributed by atoms with van der Waals surface area (Å²) in [6.07, 6.45) is 9.92. The molecule has 6 rings (SSSR count). The molecule has 4 aromatic rings. The van der Waals surface area contributed by atoms with Gasteiger partial charge >= 0.3 is 0 Å². The predicted octanol–water partition coefficient (Wildman–Crippen LogP) is 2.61. The Labute approximate surface area is 264 Å². The fourth-order valence-corrected chi connectivity index (χ4v) is 7.45. The number of sulfonamides is 1. The zero-order valence-corrected chi connectivity index (χ0v) is 27.0. The third-order valence-electron chi connectivity index (χ3n) is 8.63. The minimum Gasteiger partial charge on any atom is -0.351 e. The highest BCUT2D eigenvalue weighted by molar-refractivity contribution is 7.89. The molecule has 1 amide bonds. The van der Waals surface area contributed by atoms with Crippen molar-refractivity contribution in [2.75, 3.05) is 44.6 Å². The third kappa shape index (κ3) is 6.77. The number of nitrogens with zero attached hydrogens (tertiary/aromatic N) is 9. The lowest BCUT2D eigenvalue weighted by Gasteiger charge is -2.34. The minimum atomic E-state index is -3.60. The van der Waals surface area contributed by atoms with Crippen LogP contribution in [-0.4, -0.2) is 103 Å². The van der Waals surface area contributed by atoms with Crippen molar-refractivity contribution in [2.24, 2.45) is 7.05 Å². The van der Waals surface area contributed by atoms with E-state index >= 15 is 0 Å². The second-order valence-corrected chi connectivity index (χ2v) is 13.9. The fourth-order valence-electron chi connectivity index (χ4n) is 6.01. The van der Waals surface area contributed by atoms with E-state index in [0.29, 0.717) is 31.9 Å². The van der Waals surface area contributed by atoms with Gasteiger partial charge in [0.1, 0.15) is 0 Å². The summed E-state index contributed by atoms with van der Waals surface area (Å²) in [7, 11) is -1.85. The first-order chi connectivity index (χ1) is 21.6. The van der Waals surface area contributed by atoms with E-state index in [-0.39, 0.29) is 17.0 Å². The Balaban J connectivity index is 1.09. The monoisotopic (exact) mass is 632 g/mol. The van der Waals surface area contributed by atoms with Crippen molar-refractivity contribution >= 4 is 21.9 Å². The van der Waals surface area contributed by atoms with Gasteiger partial charge in [-0.15, -0.1) is 0 Å². The molecule has 13 nitrogen and oxygen atoms in total.